The fourth-order valence-electron chi connectivity index (χ4n) is 2.46. The van der Waals surface area contributed by atoms with Gasteiger partial charge < -0.3 is 15.3 Å². The van der Waals surface area contributed by atoms with Gasteiger partial charge in [-0.05, 0) is 39.2 Å². The standard InChI is InChI=1S/C18H30N2O3/c1-6-15(20(22)13-14-11-9-8-10-12-14)16(7-2)23-17(21)19-18(3,4)5/h8-12,15-16,22H,6-7,13H2,1-5H3,(H,19,21)/t15-,16+/m1/s1. The van der Waals surface area contributed by atoms with Gasteiger partial charge in [0, 0.05) is 12.1 Å². The van der Waals surface area contributed by atoms with Crippen LogP contribution in [0.1, 0.15) is 53.0 Å². The van der Waals surface area contributed by atoms with Crippen LogP contribution in [0.3, 0.4) is 0 Å². The summed E-state index contributed by atoms with van der Waals surface area (Å²) in [6, 6.07) is 9.50. The topological polar surface area (TPSA) is 61.8 Å². The summed E-state index contributed by atoms with van der Waals surface area (Å²) in [6.45, 7) is 10.0. The van der Waals surface area contributed by atoms with Crippen LogP contribution in [0.4, 0.5) is 4.79 Å². The van der Waals surface area contributed by atoms with Crippen molar-refractivity contribution < 1.29 is 14.7 Å². The molecule has 2 atom stereocenters. The molecular weight excluding hydrogens is 292 g/mol. The van der Waals surface area contributed by atoms with Gasteiger partial charge >= 0.3 is 6.09 Å². The lowest BCUT2D eigenvalue weighted by molar-refractivity contribution is -0.164. The molecule has 0 aliphatic heterocycles. The smallest absolute Gasteiger partial charge is 0.407 e. The summed E-state index contributed by atoms with van der Waals surface area (Å²) in [4.78, 5) is 12.0. The molecule has 0 heterocycles. The van der Waals surface area contributed by atoms with Gasteiger partial charge in [-0.3, -0.25) is 0 Å². The van der Waals surface area contributed by atoms with Crippen molar-refractivity contribution in [3.8, 4) is 0 Å². The van der Waals surface area contributed by atoms with Crippen molar-refractivity contribution in [1.29, 1.82) is 0 Å². The number of hydroxylamine groups is 2. The number of hydrogen-bond acceptors (Lipinski definition) is 4. The third kappa shape index (κ3) is 7.01. The van der Waals surface area contributed by atoms with Crippen LogP contribution < -0.4 is 5.32 Å². The molecule has 23 heavy (non-hydrogen) atoms. The molecule has 0 radical (unpaired) electrons. The van der Waals surface area contributed by atoms with Gasteiger partial charge in [0.2, 0.25) is 0 Å². The molecule has 1 aromatic carbocycles. The van der Waals surface area contributed by atoms with Crippen molar-refractivity contribution in [3.63, 3.8) is 0 Å². The molecule has 1 amide bonds. The Balaban J connectivity index is 2.69. The predicted octanol–water partition coefficient (Wildman–Crippen LogP) is 3.96. The molecule has 0 saturated heterocycles. The molecular formula is C18H30N2O3. The molecule has 2 N–H and O–H groups in total. The van der Waals surface area contributed by atoms with E-state index in [2.05, 4.69) is 5.32 Å². The van der Waals surface area contributed by atoms with E-state index in [0.717, 1.165) is 5.56 Å². The second-order valence-electron chi connectivity index (χ2n) is 6.79. The Morgan fingerprint density at radius 1 is 1.22 bits per heavy atom. The highest BCUT2D eigenvalue weighted by molar-refractivity contribution is 5.68. The van der Waals surface area contributed by atoms with Crippen LogP contribution in [-0.2, 0) is 11.3 Å². The third-order valence-electron chi connectivity index (χ3n) is 3.56. The van der Waals surface area contributed by atoms with Crippen molar-refractivity contribution in [3.05, 3.63) is 35.9 Å². The van der Waals surface area contributed by atoms with Crippen molar-refractivity contribution >= 4 is 6.09 Å². The highest BCUT2D eigenvalue weighted by atomic mass is 16.6. The van der Waals surface area contributed by atoms with Crippen LogP contribution in [-0.4, -0.2) is 34.0 Å². The van der Waals surface area contributed by atoms with E-state index in [1.807, 2.05) is 65.0 Å². The number of amides is 1. The van der Waals surface area contributed by atoms with E-state index >= 15 is 0 Å². The van der Waals surface area contributed by atoms with Gasteiger partial charge in [0.25, 0.3) is 0 Å². The number of ether oxygens (including phenoxy) is 1. The van der Waals surface area contributed by atoms with E-state index in [1.165, 1.54) is 5.06 Å². The zero-order valence-electron chi connectivity index (χ0n) is 14.9. The fourth-order valence-corrected chi connectivity index (χ4v) is 2.46. The van der Waals surface area contributed by atoms with Gasteiger partial charge in [0.1, 0.15) is 6.10 Å². The summed E-state index contributed by atoms with van der Waals surface area (Å²) >= 11 is 0. The molecule has 0 fully saturated rings. The van der Waals surface area contributed by atoms with Crippen LogP contribution in [0, 0.1) is 0 Å². The van der Waals surface area contributed by atoms with E-state index in [4.69, 9.17) is 4.74 Å². The van der Waals surface area contributed by atoms with Crippen molar-refractivity contribution in [2.45, 2.75) is 71.7 Å². The van der Waals surface area contributed by atoms with Crippen LogP contribution in [0.5, 0.6) is 0 Å². The van der Waals surface area contributed by atoms with E-state index in [9.17, 15) is 10.0 Å². The van der Waals surface area contributed by atoms with Crippen molar-refractivity contribution in [2.75, 3.05) is 0 Å². The lowest BCUT2D eigenvalue weighted by Crippen LogP contribution is -2.47. The van der Waals surface area contributed by atoms with Gasteiger partial charge in [-0.25, -0.2) is 4.79 Å². The third-order valence-corrected chi connectivity index (χ3v) is 3.56. The Morgan fingerprint density at radius 2 is 1.83 bits per heavy atom. The Morgan fingerprint density at radius 3 is 2.30 bits per heavy atom. The number of carbonyl (C=O) groups excluding carboxylic acids is 1. The van der Waals surface area contributed by atoms with Crippen LogP contribution >= 0.6 is 0 Å². The highest BCUT2D eigenvalue weighted by Crippen LogP contribution is 2.17. The maximum atomic E-state index is 12.0. The van der Waals surface area contributed by atoms with Gasteiger partial charge in [-0.15, -0.1) is 0 Å². The van der Waals surface area contributed by atoms with Crippen LogP contribution in [0.2, 0.25) is 0 Å². The Kier molecular flexibility index (Phi) is 7.52. The maximum Gasteiger partial charge on any atom is 0.407 e. The number of alkyl carbamates (subject to hydrolysis) is 1. The molecule has 0 aliphatic rings. The normalized spacial score (nSPS) is 14.4. The molecule has 0 spiro atoms. The Labute approximate surface area is 139 Å². The quantitative estimate of drug-likeness (QED) is 0.746. The minimum Gasteiger partial charge on any atom is -0.444 e. The monoisotopic (exact) mass is 322 g/mol. The summed E-state index contributed by atoms with van der Waals surface area (Å²) in [5.74, 6) is 0. The number of hydrogen-bond donors (Lipinski definition) is 2. The van der Waals surface area contributed by atoms with Crippen molar-refractivity contribution in [1.82, 2.24) is 10.4 Å². The van der Waals surface area contributed by atoms with E-state index in [1.54, 1.807) is 0 Å². The Bertz CT molecular complexity index is 471. The first-order valence-corrected chi connectivity index (χ1v) is 8.25. The number of rotatable bonds is 7. The molecule has 130 valence electrons. The van der Waals surface area contributed by atoms with Crippen LogP contribution in [0.25, 0.3) is 0 Å². The first-order chi connectivity index (χ1) is 10.8. The Hall–Kier alpha value is -1.59. The lowest BCUT2D eigenvalue weighted by Gasteiger charge is -2.32. The molecule has 1 rings (SSSR count). The van der Waals surface area contributed by atoms with Gasteiger partial charge in [0.05, 0.1) is 6.04 Å². The van der Waals surface area contributed by atoms with Crippen LogP contribution in [0.15, 0.2) is 30.3 Å². The second kappa shape index (κ2) is 8.89. The minimum atomic E-state index is -0.448. The summed E-state index contributed by atoms with van der Waals surface area (Å²) in [5.41, 5.74) is 0.669. The average Bonchev–Trinajstić information content (AvgIpc) is 2.46. The zero-order valence-corrected chi connectivity index (χ0v) is 14.9. The number of nitrogens with zero attached hydrogens (tertiary/aromatic N) is 1. The first-order valence-electron chi connectivity index (χ1n) is 8.25. The summed E-state index contributed by atoms with van der Waals surface area (Å²) < 4.78 is 5.54. The lowest BCUT2D eigenvalue weighted by atomic mass is 10.0. The van der Waals surface area contributed by atoms with E-state index in [-0.39, 0.29) is 17.7 Å². The van der Waals surface area contributed by atoms with Gasteiger partial charge in [-0.2, -0.15) is 5.06 Å². The predicted molar refractivity (Wildman–Crippen MR) is 91.3 cm³/mol. The molecule has 0 bridgehead atoms. The van der Waals surface area contributed by atoms with Gasteiger partial charge in [0.15, 0.2) is 0 Å². The molecule has 0 saturated carbocycles. The second-order valence-corrected chi connectivity index (χ2v) is 6.79. The summed E-state index contributed by atoms with van der Waals surface area (Å²) in [5, 5.41) is 14.5. The number of nitrogens with one attached hydrogen (secondary N) is 1. The number of benzene rings is 1. The van der Waals surface area contributed by atoms with E-state index in [0.29, 0.717) is 19.4 Å². The fraction of sp³-hybridized carbons (Fsp3) is 0.611. The zero-order chi connectivity index (χ0) is 17.5. The van der Waals surface area contributed by atoms with E-state index < -0.39 is 6.09 Å². The largest absolute Gasteiger partial charge is 0.444 e. The van der Waals surface area contributed by atoms with Crippen molar-refractivity contribution in [2.24, 2.45) is 0 Å². The summed E-state index contributed by atoms with van der Waals surface area (Å²) in [7, 11) is 0. The first kappa shape index (κ1) is 19.5. The minimum absolute atomic E-state index is 0.245. The molecule has 0 aliphatic carbocycles. The molecule has 5 nitrogen and oxygen atoms in total. The molecule has 5 heteroatoms. The van der Waals surface area contributed by atoms with Gasteiger partial charge in [-0.1, -0.05) is 44.2 Å². The molecule has 0 unspecified atom stereocenters. The molecule has 0 aromatic heterocycles. The SMILES string of the molecule is CC[C@H](OC(=O)NC(C)(C)C)[C@@H](CC)N(O)Cc1ccccc1. The number of carbonyl (C=O) groups is 1. The highest BCUT2D eigenvalue weighted by Gasteiger charge is 2.28. The molecule has 1 aromatic rings. The average molecular weight is 322 g/mol. The summed E-state index contributed by atoms with van der Waals surface area (Å²) in [6.07, 6.45) is 0.513. The maximum absolute atomic E-state index is 12.0.